The lowest BCUT2D eigenvalue weighted by molar-refractivity contribution is -0.120. The molecule has 0 atom stereocenters. The van der Waals surface area contributed by atoms with Crippen LogP contribution in [0.4, 0.5) is 0 Å². The van der Waals surface area contributed by atoms with E-state index < -0.39 is 0 Å². The van der Waals surface area contributed by atoms with Gasteiger partial charge in [-0.2, -0.15) is 5.10 Å². The molecule has 0 radical (unpaired) electrons. The van der Waals surface area contributed by atoms with E-state index in [4.69, 9.17) is 0 Å². The van der Waals surface area contributed by atoms with Gasteiger partial charge in [-0.25, -0.2) is 9.97 Å². The summed E-state index contributed by atoms with van der Waals surface area (Å²) in [5, 5.41) is 9.74. The third-order valence-corrected chi connectivity index (χ3v) is 2.92. The van der Waals surface area contributed by atoms with Crippen LogP contribution in [-0.4, -0.2) is 31.1 Å². The maximum atomic E-state index is 11.7. The fraction of sp³-hybridized carbons (Fsp3) is 0.143. The van der Waals surface area contributed by atoms with E-state index >= 15 is 0 Å². The van der Waals surface area contributed by atoms with Crippen LogP contribution in [0.1, 0.15) is 11.5 Å². The van der Waals surface area contributed by atoms with Gasteiger partial charge in [0.1, 0.15) is 5.82 Å². The van der Waals surface area contributed by atoms with E-state index in [1.807, 2.05) is 30.3 Å². The summed E-state index contributed by atoms with van der Waals surface area (Å²) in [7, 11) is 0. The van der Waals surface area contributed by atoms with Crippen molar-refractivity contribution < 1.29 is 4.79 Å². The van der Waals surface area contributed by atoms with Crippen molar-refractivity contribution >= 4 is 5.91 Å². The highest BCUT2D eigenvalue weighted by Crippen LogP contribution is 2.12. The van der Waals surface area contributed by atoms with Crippen molar-refractivity contribution in [1.29, 1.82) is 0 Å². The summed E-state index contributed by atoms with van der Waals surface area (Å²) < 4.78 is 0. The van der Waals surface area contributed by atoms with E-state index in [0.29, 0.717) is 18.2 Å². The summed E-state index contributed by atoms with van der Waals surface area (Å²) >= 11 is 0. The minimum absolute atomic E-state index is 0.100. The van der Waals surface area contributed by atoms with Crippen molar-refractivity contribution in [3.63, 3.8) is 0 Å². The van der Waals surface area contributed by atoms with Crippen LogP contribution in [0.2, 0.25) is 0 Å². The Labute approximate surface area is 120 Å². The first-order valence-electron chi connectivity index (χ1n) is 6.52. The predicted octanol–water partition coefficient (Wildman–Crippen LogP) is 1.05. The maximum absolute atomic E-state index is 11.7. The summed E-state index contributed by atoms with van der Waals surface area (Å²) in [6, 6.07) is 9.66. The van der Waals surface area contributed by atoms with E-state index in [2.05, 4.69) is 30.5 Å². The Hall–Kier alpha value is -2.96. The van der Waals surface area contributed by atoms with Gasteiger partial charge in [0, 0.05) is 17.5 Å². The van der Waals surface area contributed by atoms with Gasteiger partial charge in [-0.15, -0.1) is 0 Å². The van der Waals surface area contributed by atoms with E-state index in [1.54, 1.807) is 12.5 Å². The molecule has 2 heterocycles. The van der Waals surface area contributed by atoms with Crippen LogP contribution in [0.15, 0.2) is 42.9 Å². The Bertz CT molecular complexity index is 704. The molecule has 0 unspecified atom stereocenters. The Morgan fingerprint density at radius 1 is 1.24 bits per heavy atom. The molecule has 1 aromatic carbocycles. The molecule has 0 aliphatic rings. The molecule has 0 aliphatic carbocycles. The van der Waals surface area contributed by atoms with Crippen molar-refractivity contribution in [3.8, 4) is 11.4 Å². The second kappa shape index (κ2) is 6.00. The monoisotopic (exact) mass is 282 g/mol. The number of hydrogen-bond acceptors (Lipinski definition) is 4. The molecule has 0 fully saturated rings. The zero-order chi connectivity index (χ0) is 14.5. The minimum Gasteiger partial charge on any atom is -0.348 e. The van der Waals surface area contributed by atoms with Gasteiger partial charge in [0.25, 0.3) is 0 Å². The van der Waals surface area contributed by atoms with Gasteiger partial charge < -0.3 is 10.3 Å². The van der Waals surface area contributed by atoms with Gasteiger partial charge in [0.15, 0.2) is 5.82 Å². The average Bonchev–Trinajstić information content (AvgIpc) is 3.17. The lowest BCUT2D eigenvalue weighted by Gasteiger charge is -2.01. The third-order valence-electron chi connectivity index (χ3n) is 2.92. The van der Waals surface area contributed by atoms with Gasteiger partial charge in [-0.1, -0.05) is 30.3 Å². The Morgan fingerprint density at radius 2 is 2.10 bits per heavy atom. The topological polar surface area (TPSA) is 99.3 Å². The number of aromatic nitrogens is 5. The van der Waals surface area contributed by atoms with Gasteiger partial charge >= 0.3 is 0 Å². The number of amides is 1. The first-order chi connectivity index (χ1) is 10.3. The smallest absolute Gasteiger partial charge is 0.226 e. The van der Waals surface area contributed by atoms with Crippen molar-refractivity contribution in [3.05, 3.63) is 54.4 Å². The Kier molecular flexibility index (Phi) is 3.72. The second-order valence-corrected chi connectivity index (χ2v) is 4.50. The molecule has 2 aromatic heterocycles. The Morgan fingerprint density at radius 3 is 2.86 bits per heavy atom. The molecule has 3 aromatic rings. The van der Waals surface area contributed by atoms with Crippen LogP contribution in [0.5, 0.6) is 0 Å². The number of rotatable bonds is 5. The van der Waals surface area contributed by atoms with Gasteiger partial charge in [-0.3, -0.25) is 9.89 Å². The van der Waals surface area contributed by atoms with E-state index in [9.17, 15) is 4.79 Å². The van der Waals surface area contributed by atoms with Crippen LogP contribution in [-0.2, 0) is 17.8 Å². The van der Waals surface area contributed by atoms with Crippen LogP contribution in [0.3, 0.4) is 0 Å². The predicted molar refractivity (Wildman–Crippen MR) is 76.0 cm³/mol. The largest absolute Gasteiger partial charge is 0.348 e. The number of imidazole rings is 1. The summed E-state index contributed by atoms with van der Waals surface area (Å²) in [5.74, 6) is 1.14. The van der Waals surface area contributed by atoms with Crippen molar-refractivity contribution in [2.75, 3.05) is 0 Å². The number of carbonyl (C=O) groups is 1. The summed E-state index contributed by atoms with van der Waals surface area (Å²) in [4.78, 5) is 22.8. The van der Waals surface area contributed by atoms with E-state index in [1.165, 1.54) is 0 Å². The number of carbonyl (C=O) groups excluding carboxylic acids is 1. The first kappa shape index (κ1) is 13.0. The fourth-order valence-corrected chi connectivity index (χ4v) is 1.89. The molecule has 0 saturated carbocycles. The molecular formula is C14H14N6O. The maximum Gasteiger partial charge on any atom is 0.226 e. The van der Waals surface area contributed by atoms with Crippen LogP contribution in [0, 0.1) is 0 Å². The number of aromatic amines is 2. The lowest BCUT2D eigenvalue weighted by atomic mass is 10.2. The molecule has 0 bridgehead atoms. The van der Waals surface area contributed by atoms with Crippen molar-refractivity contribution in [2.24, 2.45) is 0 Å². The number of H-pyrrole nitrogens is 2. The van der Waals surface area contributed by atoms with Crippen molar-refractivity contribution in [1.82, 2.24) is 30.5 Å². The van der Waals surface area contributed by atoms with Gasteiger partial charge in [-0.05, 0) is 0 Å². The summed E-state index contributed by atoms with van der Waals surface area (Å²) in [6.07, 6.45) is 3.44. The standard InChI is InChI=1S/C14H14N6O/c21-13(6-11-7-15-9-17-11)16-8-12-18-14(20-19-12)10-4-2-1-3-5-10/h1-5,7,9H,6,8H2,(H,15,17)(H,16,21)(H,18,19,20). The summed E-state index contributed by atoms with van der Waals surface area (Å²) in [5.41, 5.74) is 1.71. The third kappa shape index (κ3) is 3.33. The quantitative estimate of drug-likeness (QED) is 0.651. The molecule has 21 heavy (non-hydrogen) atoms. The van der Waals surface area contributed by atoms with Crippen molar-refractivity contribution in [2.45, 2.75) is 13.0 Å². The highest BCUT2D eigenvalue weighted by atomic mass is 16.1. The highest BCUT2D eigenvalue weighted by Gasteiger charge is 2.08. The van der Waals surface area contributed by atoms with E-state index in [-0.39, 0.29) is 12.3 Å². The average molecular weight is 282 g/mol. The first-order valence-corrected chi connectivity index (χ1v) is 6.52. The summed E-state index contributed by atoms with van der Waals surface area (Å²) in [6.45, 7) is 0.312. The number of benzene rings is 1. The Balaban J connectivity index is 1.56. The molecule has 0 saturated heterocycles. The molecule has 3 N–H and O–H groups in total. The van der Waals surface area contributed by atoms with Crippen LogP contribution < -0.4 is 5.32 Å². The molecule has 3 rings (SSSR count). The molecule has 0 spiro atoms. The minimum atomic E-state index is -0.100. The van der Waals surface area contributed by atoms with E-state index in [0.717, 1.165) is 11.3 Å². The second-order valence-electron chi connectivity index (χ2n) is 4.50. The zero-order valence-corrected chi connectivity index (χ0v) is 11.2. The fourth-order valence-electron chi connectivity index (χ4n) is 1.89. The normalized spacial score (nSPS) is 10.5. The number of nitrogens with one attached hydrogen (secondary N) is 3. The van der Waals surface area contributed by atoms with Crippen LogP contribution >= 0.6 is 0 Å². The lowest BCUT2D eigenvalue weighted by Crippen LogP contribution is -2.25. The molecule has 7 nitrogen and oxygen atoms in total. The van der Waals surface area contributed by atoms with Gasteiger partial charge in [0.2, 0.25) is 5.91 Å². The zero-order valence-electron chi connectivity index (χ0n) is 11.2. The molecule has 0 aliphatic heterocycles. The van der Waals surface area contributed by atoms with Gasteiger partial charge in [0.05, 0.1) is 19.3 Å². The highest BCUT2D eigenvalue weighted by molar-refractivity contribution is 5.77. The number of hydrogen-bond donors (Lipinski definition) is 3. The number of nitrogens with zero attached hydrogens (tertiary/aromatic N) is 3. The molecule has 1 amide bonds. The molecular weight excluding hydrogens is 268 g/mol. The SMILES string of the molecule is O=C(Cc1cnc[nH]1)NCc1nc(-c2ccccc2)n[nH]1. The molecule has 7 heteroatoms. The van der Waals surface area contributed by atoms with Crippen LogP contribution in [0.25, 0.3) is 11.4 Å². The molecule has 106 valence electrons.